The minimum absolute atomic E-state index is 0.123. The first-order chi connectivity index (χ1) is 15.9. The minimum Gasteiger partial charge on any atom is -0.493 e. The van der Waals surface area contributed by atoms with Crippen LogP contribution in [0, 0.1) is 10.1 Å². The Morgan fingerprint density at radius 1 is 1.00 bits per heavy atom. The summed E-state index contributed by atoms with van der Waals surface area (Å²) in [4.78, 5) is 39.7. The summed E-state index contributed by atoms with van der Waals surface area (Å²) in [5.74, 6) is -0.111. The number of nitro benzene ring substituents is 1. The van der Waals surface area contributed by atoms with Gasteiger partial charge in [0.15, 0.2) is 11.5 Å². The average Bonchev–Trinajstić information content (AvgIpc) is 2.84. The summed E-state index contributed by atoms with van der Waals surface area (Å²) in [6.07, 6.45) is 3.22. The monoisotopic (exact) mass is 450 g/mol. The second kappa shape index (κ2) is 10.7. The van der Waals surface area contributed by atoms with Crippen LogP contribution in [0.4, 0.5) is 11.4 Å². The van der Waals surface area contributed by atoms with Gasteiger partial charge in [-0.15, -0.1) is 0 Å². The van der Waals surface area contributed by atoms with Gasteiger partial charge in [0.05, 0.1) is 30.8 Å². The molecule has 1 heterocycles. The number of nitro groups is 1. The quantitative estimate of drug-likeness (QED) is 0.378. The maximum Gasteiger partial charge on any atom is 0.276 e. The van der Waals surface area contributed by atoms with Crippen LogP contribution in [0.2, 0.25) is 0 Å². The second-order valence-electron chi connectivity index (χ2n) is 6.88. The molecular formula is C23H22N4O6. The van der Waals surface area contributed by atoms with E-state index in [0.29, 0.717) is 28.1 Å². The summed E-state index contributed by atoms with van der Waals surface area (Å²) >= 11 is 0. The lowest BCUT2D eigenvalue weighted by molar-refractivity contribution is -0.385. The molecule has 10 heteroatoms. The lowest BCUT2D eigenvalue weighted by Crippen LogP contribution is -2.26. The van der Waals surface area contributed by atoms with Crippen molar-refractivity contribution in [3.63, 3.8) is 0 Å². The van der Waals surface area contributed by atoms with E-state index in [1.165, 1.54) is 32.5 Å². The Morgan fingerprint density at radius 3 is 2.39 bits per heavy atom. The predicted octanol–water partition coefficient (Wildman–Crippen LogP) is 3.23. The molecule has 33 heavy (non-hydrogen) atoms. The Kier molecular flexibility index (Phi) is 7.53. The van der Waals surface area contributed by atoms with E-state index >= 15 is 0 Å². The molecule has 10 nitrogen and oxygen atoms in total. The van der Waals surface area contributed by atoms with Gasteiger partial charge in [0.1, 0.15) is 0 Å². The number of pyridine rings is 1. The molecule has 3 rings (SSSR count). The van der Waals surface area contributed by atoms with Gasteiger partial charge in [0.2, 0.25) is 0 Å². The van der Waals surface area contributed by atoms with Crippen molar-refractivity contribution in [3.05, 3.63) is 87.7 Å². The normalized spacial score (nSPS) is 10.2. The van der Waals surface area contributed by atoms with Crippen molar-refractivity contribution in [3.8, 4) is 11.5 Å². The largest absolute Gasteiger partial charge is 0.493 e. The zero-order chi connectivity index (χ0) is 23.8. The van der Waals surface area contributed by atoms with Gasteiger partial charge in [0.25, 0.3) is 17.5 Å². The Morgan fingerprint density at radius 2 is 1.73 bits per heavy atom. The van der Waals surface area contributed by atoms with Gasteiger partial charge in [-0.1, -0.05) is 6.07 Å². The molecule has 0 atom stereocenters. The third-order valence-corrected chi connectivity index (χ3v) is 4.77. The number of aromatic nitrogens is 1. The van der Waals surface area contributed by atoms with Crippen LogP contribution in [0.5, 0.6) is 11.5 Å². The zero-order valence-electron chi connectivity index (χ0n) is 18.0. The Hall–Kier alpha value is -4.47. The third-order valence-electron chi connectivity index (χ3n) is 4.77. The van der Waals surface area contributed by atoms with Crippen LogP contribution in [0.3, 0.4) is 0 Å². The number of anilines is 1. The fraction of sp³-hybridized carbons (Fsp3) is 0.174. The first-order valence-electron chi connectivity index (χ1n) is 9.92. The van der Waals surface area contributed by atoms with Crippen LogP contribution < -0.4 is 20.1 Å². The molecule has 0 spiro atoms. The van der Waals surface area contributed by atoms with Crippen LogP contribution in [0.25, 0.3) is 0 Å². The number of carbonyl (C=O) groups is 2. The number of benzene rings is 2. The highest BCUT2D eigenvalue weighted by molar-refractivity contribution is 6.04. The van der Waals surface area contributed by atoms with Crippen molar-refractivity contribution < 1.29 is 24.0 Å². The number of nitrogens with zero attached hydrogens (tertiary/aromatic N) is 2. The van der Waals surface area contributed by atoms with E-state index in [2.05, 4.69) is 15.6 Å². The van der Waals surface area contributed by atoms with Gasteiger partial charge in [-0.25, -0.2) is 0 Å². The Balaban J connectivity index is 1.65. The highest BCUT2D eigenvalue weighted by atomic mass is 16.6. The lowest BCUT2D eigenvalue weighted by Gasteiger charge is -2.11. The van der Waals surface area contributed by atoms with Crippen molar-refractivity contribution in [2.45, 2.75) is 6.42 Å². The number of methoxy groups -OCH3 is 2. The number of rotatable bonds is 9. The summed E-state index contributed by atoms with van der Waals surface area (Å²) in [5, 5.41) is 16.9. The van der Waals surface area contributed by atoms with Crippen LogP contribution >= 0.6 is 0 Å². The number of hydrogen-bond acceptors (Lipinski definition) is 7. The maximum atomic E-state index is 12.6. The molecule has 0 fully saturated rings. The summed E-state index contributed by atoms with van der Waals surface area (Å²) in [6, 6.07) is 12.6. The first kappa shape index (κ1) is 23.2. The molecular weight excluding hydrogens is 428 g/mol. The molecule has 2 N–H and O–H groups in total. The van der Waals surface area contributed by atoms with Gasteiger partial charge in [-0.05, 0) is 42.8 Å². The van der Waals surface area contributed by atoms with Crippen molar-refractivity contribution in [1.82, 2.24) is 10.3 Å². The smallest absolute Gasteiger partial charge is 0.276 e. The van der Waals surface area contributed by atoms with Crippen molar-refractivity contribution >= 4 is 23.2 Å². The van der Waals surface area contributed by atoms with E-state index in [-0.39, 0.29) is 36.2 Å². The summed E-state index contributed by atoms with van der Waals surface area (Å²) in [5.41, 5.74) is 1.45. The highest BCUT2D eigenvalue weighted by Gasteiger charge is 2.19. The molecule has 3 aromatic rings. The molecule has 0 bridgehead atoms. The van der Waals surface area contributed by atoms with Crippen LogP contribution in [0.1, 0.15) is 26.3 Å². The number of nitrogens with one attached hydrogen (secondary N) is 2. The number of carbonyl (C=O) groups excluding carboxylic acids is 2. The van der Waals surface area contributed by atoms with Crippen LogP contribution in [-0.4, -0.2) is 42.5 Å². The van der Waals surface area contributed by atoms with E-state index in [0.717, 1.165) is 0 Å². The fourth-order valence-electron chi connectivity index (χ4n) is 3.13. The molecule has 0 saturated carbocycles. The van der Waals surface area contributed by atoms with Crippen molar-refractivity contribution in [2.24, 2.45) is 0 Å². The Labute approximate surface area is 189 Å². The topological polar surface area (TPSA) is 133 Å². The van der Waals surface area contributed by atoms with Gasteiger partial charge >= 0.3 is 0 Å². The van der Waals surface area contributed by atoms with Gasteiger partial charge in [-0.3, -0.25) is 24.7 Å². The summed E-state index contributed by atoms with van der Waals surface area (Å²) in [7, 11) is 2.84. The molecule has 0 aliphatic heterocycles. The van der Waals surface area contributed by atoms with Crippen LogP contribution in [0.15, 0.2) is 60.9 Å². The van der Waals surface area contributed by atoms with E-state index in [9.17, 15) is 19.7 Å². The summed E-state index contributed by atoms with van der Waals surface area (Å²) < 4.78 is 10.3. The van der Waals surface area contributed by atoms with Gasteiger partial charge < -0.3 is 20.1 Å². The SMILES string of the molecule is COc1cc(CCNC(=O)c2cccc(NC(=O)c3cccnc3)c2)c([N+](=O)[O-])cc1OC. The van der Waals surface area contributed by atoms with E-state index in [4.69, 9.17) is 9.47 Å². The predicted molar refractivity (Wildman–Crippen MR) is 121 cm³/mol. The molecule has 2 aromatic carbocycles. The molecule has 0 saturated heterocycles. The molecule has 2 amide bonds. The molecule has 170 valence electrons. The third kappa shape index (κ3) is 5.82. The van der Waals surface area contributed by atoms with Gasteiger partial charge in [-0.2, -0.15) is 0 Å². The van der Waals surface area contributed by atoms with Gasteiger partial charge in [0, 0.05) is 35.8 Å². The van der Waals surface area contributed by atoms with E-state index in [1.807, 2.05) is 0 Å². The Bertz CT molecular complexity index is 1170. The van der Waals surface area contributed by atoms with Crippen molar-refractivity contribution in [1.29, 1.82) is 0 Å². The maximum absolute atomic E-state index is 12.6. The highest BCUT2D eigenvalue weighted by Crippen LogP contribution is 2.34. The minimum atomic E-state index is -0.506. The first-order valence-corrected chi connectivity index (χ1v) is 9.92. The molecule has 0 aliphatic carbocycles. The zero-order valence-corrected chi connectivity index (χ0v) is 18.0. The standard InChI is InChI=1S/C23H22N4O6/c1-32-20-12-15(19(27(30)31)13-21(20)33-2)8-10-25-22(28)16-5-3-7-18(11-16)26-23(29)17-6-4-9-24-14-17/h3-7,9,11-14H,8,10H2,1-2H3,(H,25,28)(H,26,29). The number of hydrogen-bond donors (Lipinski definition) is 2. The average molecular weight is 450 g/mol. The number of ether oxygens (including phenoxy) is 2. The number of amides is 2. The molecule has 0 radical (unpaired) electrons. The fourth-order valence-corrected chi connectivity index (χ4v) is 3.13. The molecule has 0 unspecified atom stereocenters. The van der Waals surface area contributed by atoms with E-state index < -0.39 is 4.92 Å². The van der Waals surface area contributed by atoms with Crippen LogP contribution in [-0.2, 0) is 6.42 Å². The van der Waals surface area contributed by atoms with E-state index in [1.54, 1.807) is 42.6 Å². The summed E-state index contributed by atoms with van der Waals surface area (Å²) in [6.45, 7) is 0.154. The second-order valence-corrected chi connectivity index (χ2v) is 6.88. The molecule has 1 aromatic heterocycles. The lowest BCUT2D eigenvalue weighted by atomic mass is 10.1. The molecule has 0 aliphatic rings. The van der Waals surface area contributed by atoms with Crippen molar-refractivity contribution in [2.75, 3.05) is 26.1 Å².